The largest absolute Gasteiger partial charge is 0.465 e. The Kier molecular flexibility index (Phi) is 6.09. The first-order valence-electron chi connectivity index (χ1n) is 7.00. The normalized spacial score (nSPS) is 18.7. The van der Waals surface area contributed by atoms with Crippen molar-refractivity contribution in [2.75, 3.05) is 19.8 Å². The first kappa shape index (κ1) is 15.4. The fourth-order valence-corrected chi connectivity index (χ4v) is 1.72. The van der Waals surface area contributed by atoms with E-state index in [1.54, 1.807) is 0 Å². The third-order valence-electron chi connectivity index (χ3n) is 3.06. The summed E-state index contributed by atoms with van der Waals surface area (Å²) >= 11 is 0. The molecule has 0 aromatic heterocycles. The van der Waals surface area contributed by atoms with Crippen LogP contribution < -0.4 is 5.32 Å². The number of esters is 1. The summed E-state index contributed by atoms with van der Waals surface area (Å²) in [5.74, 6) is 0.414. The van der Waals surface area contributed by atoms with Crippen molar-refractivity contribution < 1.29 is 14.3 Å². The number of hydrogen-bond donors (Lipinski definition) is 1. The van der Waals surface area contributed by atoms with E-state index in [4.69, 9.17) is 9.47 Å². The zero-order chi connectivity index (χ0) is 13.6. The number of ether oxygens (including phenoxy) is 2. The van der Waals surface area contributed by atoms with Gasteiger partial charge >= 0.3 is 5.97 Å². The maximum atomic E-state index is 12.0. The lowest BCUT2D eigenvalue weighted by molar-refractivity contribution is -0.153. The number of carbonyl (C=O) groups is 1. The van der Waals surface area contributed by atoms with Crippen molar-refractivity contribution in [2.45, 2.75) is 58.5 Å². The van der Waals surface area contributed by atoms with Gasteiger partial charge in [-0.15, -0.1) is 0 Å². The number of carbonyl (C=O) groups excluding carboxylic acids is 1. The van der Waals surface area contributed by atoms with Crippen LogP contribution in [-0.4, -0.2) is 37.4 Å². The molecule has 1 unspecified atom stereocenters. The van der Waals surface area contributed by atoms with Crippen molar-refractivity contribution in [1.29, 1.82) is 0 Å². The van der Waals surface area contributed by atoms with Crippen molar-refractivity contribution in [3.05, 3.63) is 0 Å². The van der Waals surface area contributed by atoms with Gasteiger partial charge in [0.25, 0.3) is 0 Å². The van der Waals surface area contributed by atoms with Crippen molar-refractivity contribution in [3.63, 3.8) is 0 Å². The molecule has 18 heavy (non-hydrogen) atoms. The van der Waals surface area contributed by atoms with Crippen LogP contribution in [0.3, 0.4) is 0 Å². The van der Waals surface area contributed by atoms with Gasteiger partial charge in [-0.3, -0.25) is 5.32 Å². The van der Waals surface area contributed by atoms with Crippen molar-refractivity contribution in [3.8, 4) is 0 Å². The van der Waals surface area contributed by atoms with Gasteiger partial charge in [-0.05, 0) is 39.0 Å². The molecular formula is C14H27NO3. The van der Waals surface area contributed by atoms with Crippen LogP contribution in [0.4, 0.5) is 0 Å². The van der Waals surface area contributed by atoms with E-state index in [2.05, 4.69) is 19.2 Å². The molecule has 1 N–H and O–H groups in total. The Hall–Kier alpha value is -0.610. The lowest BCUT2D eigenvalue weighted by Crippen LogP contribution is -2.55. The van der Waals surface area contributed by atoms with Crippen LogP contribution in [-0.2, 0) is 14.3 Å². The second-order valence-corrected chi connectivity index (χ2v) is 5.71. The molecule has 0 amide bonds. The average molecular weight is 257 g/mol. The molecule has 0 aliphatic heterocycles. The van der Waals surface area contributed by atoms with Crippen LogP contribution in [0.5, 0.6) is 0 Å². The highest BCUT2D eigenvalue weighted by Crippen LogP contribution is 2.23. The van der Waals surface area contributed by atoms with E-state index in [0.29, 0.717) is 31.8 Å². The summed E-state index contributed by atoms with van der Waals surface area (Å²) in [6.07, 6.45) is 3.30. The molecule has 4 heteroatoms. The van der Waals surface area contributed by atoms with Crippen LogP contribution in [0, 0.1) is 5.92 Å². The Morgan fingerprint density at radius 3 is 2.61 bits per heavy atom. The summed E-state index contributed by atoms with van der Waals surface area (Å²) in [5, 5.41) is 3.34. The van der Waals surface area contributed by atoms with E-state index in [-0.39, 0.29) is 5.97 Å². The predicted molar refractivity (Wildman–Crippen MR) is 71.5 cm³/mol. The van der Waals surface area contributed by atoms with Gasteiger partial charge in [0, 0.05) is 12.6 Å². The van der Waals surface area contributed by atoms with Gasteiger partial charge < -0.3 is 9.47 Å². The van der Waals surface area contributed by atoms with Gasteiger partial charge in [-0.25, -0.2) is 4.79 Å². The smallest absolute Gasteiger partial charge is 0.328 e. The van der Waals surface area contributed by atoms with Gasteiger partial charge in [-0.1, -0.05) is 13.8 Å². The predicted octanol–water partition coefficient (Wildman–Crippen LogP) is 2.12. The third kappa shape index (κ3) is 5.36. The summed E-state index contributed by atoms with van der Waals surface area (Å²) < 4.78 is 10.8. The highest BCUT2D eigenvalue weighted by Gasteiger charge is 2.39. The monoisotopic (exact) mass is 257 g/mol. The Bertz CT molecular complexity index is 264. The number of hydrogen-bond acceptors (Lipinski definition) is 4. The molecule has 1 fully saturated rings. The third-order valence-corrected chi connectivity index (χ3v) is 3.06. The SMILES string of the molecule is CCOC(=O)C(C)(COCCC(C)C)NC1CC1. The molecule has 0 heterocycles. The maximum Gasteiger partial charge on any atom is 0.328 e. The minimum atomic E-state index is -0.700. The van der Waals surface area contributed by atoms with Crippen molar-refractivity contribution >= 4 is 5.97 Å². The summed E-state index contributed by atoms with van der Waals surface area (Å²) in [5.41, 5.74) is -0.700. The van der Waals surface area contributed by atoms with Crippen molar-refractivity contribution in [2.24, 2.45) is 5.92 Å². The maximum absolute atomic E-state index is 12.0. The summed E-state index contributed by atoms with van der Waals surface area (Å²) in [6.45, 7) is 9.52. The first-order chi connectivity index (χ1) is 8.48. The van der Waals surface area contributed by atoms with E-state index in [0.717, 1.165) is 19.3 Å². The highest BCUT2D eigenvalue weighted by molar-refractivity contribution is 5.80. The molecule has 0 aromatic carbocycles. The first-order valence-corrected chi connectivity index (χ1v) is 7.00. The molecule has 0 bridgehead atoms. The van der Waals surface area contributed by atoms with E-state index in [9.17, 15) is 4.79 Å². The molecule has 0 aromatic rings. The van der Waals surface area contributed by atoms with E-state index in [1.807, 2.05) is 13.8 Å². The Balaban J connectivity index is 2.40. The molecule has 1 aliphatic rings. The Labute approximate surface area is 110 Å². The van der Waals surface area contributed by atoms with Crippen LogP contribution in [0.15, 0.2) is 0 Å². The molecule has 0 radical (unpaired) electrons. The second kappa shape index (κ2) is 7.10. The van der Waals surface area contributed by atoms with E-state index < -0.39 is 5.54 Å². The van der Waals surface area contributed by atoms with Crippen LogP contribution in [0.25, 0.3) is 0 Å². The molecular weight excluding hydrogens is 230 g/mol. The minimum absolute atomic E-state index is 0.207. The number of rotatable bonds is 9. The Morgan fingerprint density at radius 1 is 1.44 bits per heavy atom. The summed E-state index contributed by atoms with van der Waals surface area (Å²) in [7, 11) is 0. The lowest BCUT2D eigenvalue weighted by Gasteiger charge is -2.28. The molecule has 1 rings (SSSR count). The zero-order valence-electron chi connectivity index (χ0n) is 12.1. The fraction of sp³-hybridized carbons (Fsp3) is 0.929. The Morgan fingerprint density at radius 2 is 2.11 bits per heavy atom. The lowest BCUT2D eigenvalue weighted by atomic mass is 10.0. The van der Waals surface area contributed by atoms with Crippen LogP contribution >= 0.6 is 0 Å². The van der Waals surface area contributed by atoms with Gasteiger partial charge in [0.1, 0.15) is 5.54 Å². The van der Waals surface area contributed by atoms with Gasteiger partial charge in [-0.2, -0.15) is 0 Å². The van der Waals surface area contributed by atoms with Crippen LogP contribution in [0.1, 0.15) is 47.0 Å². The topological polar surface area (TPSA) is 47.6 Å². The molecule has 0 spiro atoms. The van der Waals surface area contributed by atoms with E-state index in [1.165, 1.54) is 0 Å². The van der Waals surface area contributed by atoms with Crippen LogP contribution in [0.2, 0.25) is 0 Å². The average Bonchev–Trinajstić information content (AvgIpc) is 3.08. The van der Waals surface area contributed by atoms with E-state index >= 15 is 0 Å². The quantitative estimate of drug-likeness (QED) is 0.508. The van der Waals surface area contributed by atoms with Gasteiger partial charge in [0.05, 0.1) is 13.2 Å². The number of nitrogens with one attached hydrogen (secondary N) is 1. The molecule has 1 saturated carbocycles. The highest BCUT2D eigenvalue weighted by atomic mass is 16.5. The molecule has 0 saturated heterocycles. The summed E-state index contributed by atoms with van der Waals surface area (Å²) in [4.78, 5) is 12.0. The molecule has 4 nitrogen and oxygen atoms in total. The van der Waals surface area contributed by atoms with Crippen molar-refractivity contribution in [1.82, 2.24) is 5.32 Å². The fourth-order valence-electron chi connectivity index (χ4n) is 1.72. The molecule has 1 atom stereocenters. The second-order valence-electron chi connectivity index (χ2n) is 5.71. The molecule has 106 valence electrons. The van der Waals surface area contributed by atoms with Gasteiger partial charge in [0.15, 0.2) is 0 Å². The summed E-state index contributed by atoms with van der Waals surface area (Å²) in [6, 6.07) is 0.452. The van der Waals surface area contributed by atoms with Gasteiger partial charge in [0.2, 0.25) is 0 Å². The standard InChI is InChI=1S/C14H27NO3/c1-5-18-13(16)14(4,15-12-6-7-12)10-17-9-8-11(2)3/h11-12,15H,5-10H2,1-4H3. The molecule has 1 aliphatic carbocycles. The minimum Gasteiger partial charge on any atom is -0.465 e. The zero-order valence-corrected chi connectivity index (χ0v) is 12.1.